The minimum Gasteiger partial charge on any atom is -0.487 e. The van der Waals surface area contributed by atoms with Crippen LogP contribution in [0.5, 0.6) is 5.75 Å². The molecule has 0 bridgehead atoms. The molecule has 1 N–H and O–H groups in total. The topological polar surface area (TPSA) is 81.8 Å². The fourth-order valence-electron chi connectivity index (χ4n) is 2.82. The number of hydrogen-bond donors (Lipinski definition) is 1. The van der Waals surface area contributed by atoms with Crippen molar-refractivity contribution in [1.29, 1.82) is 0 Å². The van der Waals surface area contributed by atoms with Gasteiger partial charge < -0.3 is 19.0 Å². The third-order valence-electron chi connectivity index (χ3n) is 4.36. The van der Waals surface area contributed by atoms with Crippen LogP contribution in [0.1, 0.15) is 23.9 Å². The molecule has 3 aromatic rings. The van der Waals surface area contributed by atoms with E-state index in [9.17, 15) is 9.90 Å². The molecule has 3 rings (SSSR count). The van der Waals surface area contributed by atoms with E-state index in [0.717, 1.165) is 5.56 Å². The zero-order valence-electron chi connectivity index (χ0n) is 16.2. The number of aryl methyl sites for hydroxylation is 1. The van der Waals surface area contributed by atoms with Gasteiger partial charge in [0.25, 0.3) is 0 Å². The Bertz CT molecular complexity index is 971. The molecule has 1 aromatic heterocycles. The maximum Gasteiger partial charge on any atom is 0.333 e. The Hall–Kier alpha value is -2.83. The van der Waals surface area contributed by atoms with E-state index in [1.807, 2.05) is 37.3 Å². The lowest BCUT2D eigenvalue weighted by Gasteiger charge is -2.14. The number of benzene rings is 2. The minimum atomic E-state index is -1.01. The van der Waals surface area contributed by atoms with Crippen LogP contribution in [-0.2, 0) is 22.6 Å². The summed E-state index contributed by atoms with van der Waals surface area (Å²) in [5.41, 5.74) is 2.28. The molecule has 0 spiro atoms. The second kappa shape index (κ2) is 9.58. The van der Waals surface area contributed by atoms with Gasteiger partial charge in [-0.25, -0.2) is 9.78 Å². The molecule has 0 radical (unpaired) electrons. The predicted octanol–water partition coefficient (Wildman–Crippen LogP) is 4.91. The van der Waals surface area contributed by atoms with Gasteiger partial charge in [-0.05, 0) is 43.7 Å². The van der Waals surface area contributed by atoms with Crippen LogP contribution in [0.2, 0.25) is 5.02 Å². The van der Waals surface area contributed by atoms with E-state index in [-0.39, 0.29) is 13.0 Å². The van der Waals surface area contributed by atoms with Crippen molar-refractivity contribution in [3.8, 4) is 17.2 Å². The number of halogens is 1. The molecular weight excluding hydrogens is 394 g/mol. The summed E-state index contributed by atoms with van der Waals surface area (Å²) in [6.45, 7) is 4.14. The summed E-state index contributed by atoms with van der Waals surface area (Å²) in [5, 5.41) is 9.65. The smallest absolute Gasteiger partial charge is 0.333 e. The molecule has 0 aliphatic heterocycles. The van der Waals surface area contributed by atoms with Crippen molar-refractivity contribution in [2.75, 3.05) is 6.61 Å². The van der Waals surface area contributed by atoms with Crippen LogP contribution < -0.4 is 4.74 Å². The number of carboxylic acid groups (broad SMARTS) is 1. The number of aromatic nitrogens is 1. The maximum atomic E-state index is 11.3. The Balaban J connectivity index is 1.67. The quantitative estimate of drug-likeness (QED) is 0.534. The summed E-state index contributed by atoms with van der Waals surface area (Å²) >= 11 is 6.31. The predicted molar refractivity (Wildman–Crippen MR) is 109 cm³/mol. The van der Waals surface area contributed by atoms with E-state index >= 15 is 0 Å². The molecule has 152 valence electrons. The lowest BCUT2D eigenvalue weighted by Crippen LogP contribution is -2.26. The van der Waals surface area contributed by atoms with Crippen LogP contribution in [0.4, 0.5) is 0 Å². The third-order valence-corrected chi connectivity index (χ3v) is 4.71. The van der Waals surface area contributed by atoms with Crippen LogP contribution in [0.15, 0.2) is 52.9 Å². The van der Waals surface area contributed by atoms with Crippen molar-refractivity contribution < 1.29 is 23.8 Å². The van der Waals surface area contributed by atoms with Gasteiger partial charge in [0.15, 0.2) is 6.10 Å². The first-order chi connectivity index (χ1) is 14.0. The summed E-state index contributed by atoms with van der Waals surface area (Å²) in [6, 6.07) is 14.8. The molecule has 1 heterocycles. The van der Waals surface area contributed by atoms with E-state index in [4.69, 9.17) is 25.5 Å². The van der Waals surface area contributed by atoms with Gasteiger partial charge in [0, 0.05) is 23.6 Å². The molecule has 6 nitrogen and oxygen atoms in total. The minimum absolute atomic E-state index is 0.186. The summed E-state index contributed by atoms with van der Waals surface area (Å²) in [7, 11) is 0. The molecule has 7 heteroatoms. The molecule has 0 aliphatic rings. The highest BCUT2D eigenvalue weighted by molar-refractivity contribution is 6.31. The van der Waals surface area contributed by atoms with Gasteiger partial charge in [-0.1, -0.05) is 35.9 Å². The van der Waals surface area contributed by atoms with Gasteiger partial charge in [0.1, 0.15) is 23.8 Å². The first-order valence-corrected chi connectivity index (χ1v) is 9.63. The van der Waals surface area contributed by atoms with Crippen molar-refractivity contribution in [3.05, 3.63) is 70.6 Å². The van der Waals surface area contributed by atoms with Crippen molar-refractivity contribution in [2.24, 2.45) is 0 Å². The molecule has 1 atom stereocenters. The van der Waals surface area contributed by atoms with E-state index in [1.165, 1.54) is 0 Å². The second-order valence-electron chi connectivity index (χ2n) is 6.42. The first-order valence-electron chi connectivity index (χ1n) is 9.25. The lowest BCUT2D eigenvalue weighted by molar-refractivity contribution is -0.149. The fourth-order valence-corrected chi connectivity index (χ4v) is 3.07. The number of aliphatic carboxylic acids is 1. The van der Waals surface area contributed by atoms with Gasteiger partial charge in [0.05, 0.1) is 0 Å². The number of hydrogen-bond acceptors (Lipinski definition) is 5. The fraction of sp³-hybridized carbons (Fsp3) is 0.273. The number of ether oxygens (including phenoxy) is 2. The Morgan fingerprint density at radius 3 is 2.66 bits per heavy atom. The molecule has 0 saturated heterocycles. The molecule has 1 unspecified atom stereocenters. The zero-order valence-corrected chi connectivity index (χ0v) is 17.0. The van der Waals surface area contributed by atoms with Crippen molar-refractivity contribution in [2.45, 2.75) is 33.0 Å². The van der Waals surface area contributed by atoms with E-state index in [2.05, 4.69) is 4.98 Å². The van der Waals surface area contributed by atoms with Gasteiger partial charge in [-0.3, -0.25) is 0 Å². The first kappa shape index (κ1) is 20.9. The lowest BCUT2D eigenvalue weighted by atomic mass is 10.1. The van der Waals surface area contributed by atoms with Gasteiger partial charge in [-0.2, -0.15) is 0 Å². The third kappa shape index (κ3) is 5.37. The highest BCUT2D eigenvalue weighted by atomic mass is 35.5. The second-order valence-corrected chi connectivity index (χ2v) is 6.82. The molecule has 2 aromatic carbocycles. The Kier molecular flexibility index (Phi) is 6.90. The SMILES string of the molecule is CCOC(Cc1ccc(OCc2nc(-c3ccccc3)oc2C)cc1Cl)C(=O)O. The Morgan fingerprint density at radius 2 is 2.00 bits per heavy atom. The van der Waals surface area contributed by atoms with E-state index in [0.29, 0.717) is 40.3 Å². The number of oxazole rings is 1. The van der Waals surface area contributed by atoms with Gasteiger partial charge >= 0.3 is 5.97 Å². The molecule has 0 aliphatic carbocycles. The molecule has 0 fully saturated rings. The number of nitrogens with zero attached hydrogens (tertiary/aromatic N) is 1. The van der Waals surface area contributed by atoms with E-state index in [1.54, 1.807) is 25.1 Å². The van der Waals surface area contributed by atoms with Crippen molar-refractivity contribution >= 4 is 17.6 Å². The summed E-state index contributed by atoms with van der Waals surface area (Å²) in [4.78, 5) is 15.8. The van der Waals surface area contributed by atoms with Crippen LogP contribution >= 0.6 is 11.6 Å². The number of carbonyl (C=O) groups is 1. The van der Waals surface area contributed by atoms with Crippen molar-refractivity contribution in [3.63, 3.8) is 0 Å². The Labute approximate surface area is 174 Å². The molecule has 29 heavy (non-hydrogen) atoms. The standard InChI is InChI=1S/C22H22ClNO5/c1-3-27-20(22(25)26)11-16-9-10-17(12-18(16)23)28-13-19-14(2)29-21(24-19)15-7-5-4-6-8-15/h4-10,12,20H,3,11,13H2,1-2H3,(H,25,26). The molecule has 0 amide bonds. The zero-order chi connectivity index (χ0) is 20.8. The average molecular weight is 416 g/mol. The highest BCUT2D eigenvalue weighted by Crippen LogP contribution is 2.26. The number of rotatable bonds is 9. The van der Waals surface area contributed by atoms with Crippen LogP contribution in [-0.4, -0.2) is 28.8 Å². The number of carboxylic acids is 1. The van der Waals surface area contributed by atoms with E-state index < -0.39 is 12.1 Å². The normalized spacial score (nSPS) is 12.0. The van der Waals surface area contributed by atoms with Crippen LogP contribution in [0.25, 0.3) is 11.5 Å². The summed E-state index contributed by atoms with van der Waals surface area (Å²) in [5.74, 6) is 0.781. The Morgan fingerprint density at radius 1 is 1.24 bits per heavy atom. The monoisotopic (exact) mass is 415 g/mol. The molecular formula is C22H22ClNO5. The van der Waals surface area contributed by atoms with Crippen molar-refractivity contribution in [1.82, 2.24) is 4.98 Å². The summed E-state index contributed by atoms with van der Waals surface area (Å²) < 4.78 is 16.8. The largest absolute Gasteiger partial charge is 0.487 e. The molecule has 0 saturated carbocycles. The summed E-state index contributed by atoms with van der Waals surface area (Å²) in [6.07, 6.45) is -0.746. The average Bonchev–Trinajstić information content (AvgIpc) is 3.09. The van der Waals surface area contributed by atoms with Crippen LogP contribution in [0, 0.1) is 6.92 Å². The van der Waals surface area contributed by atoms with Crippen LogP contribution in [0.3, 0.4) is 0 Å². The maximum absolute atomic E-state index is 11.3. The van der Waals surface area contributed by atoms with Gasteiger partial charge in [0.2, 0.25) is 5.89 Å². The highest BCUT2D eigenvalue weighted by Gasteiger charge is 2.20. The van der Waals surface area contributed by atoms with Gasteiger partial charge in [-0.15, -0.1) is 0 Å².